The Bertz CT molecular complexity index is 772. The molecule has 0 aromatic carbocycles. The third-order valence-electron chi connectivity index (χ3n) is 6.14. The van der Waals surface area contributed by atoms with Crippen molar-refractivity contribution in [1.29, 1.82) is 0 Å². The minimum atomic E-state index is -1.29. The van der Waals surface area contributed by atoms with E-state index in [0.29, 0.717) is 19.3 Å². The zero-order valence-electron chi connectivity index (χ0n) is 19.9. The number of amides is 4. The lowest BCUT2D eigenvalue weighted by atomic mass is 9.60. The van der Waals surface area contributed by atoms with Crippen molar-refractivity contribution in [3.8, 4) is 0 Å². The van der Waals surface area contributed by atoms with Crippen molar-refractivity contribution in [2.45, 2.75) is 79.3 Å². The van der Waals surface area contributed by atoms with E-state index < -0.39 is 41.0 Å². The van der Waals surface area contributed by atoms with Gasteiger partial charge in [0, 0.05) is 11.1 Å². The zero-order valence-corrected chi connectivity index (χ0v) is 19.9. The lowest BCUT2D eigenvalue weighted by Gasteiger charge is -2.58. The van der Waals surface area contributed by atoms with Crippen LogP contribution in [0.15, 0.2) is 24.3 Å². The molecular formula is C23H36N2O6. The van der Waals surface area contributed by atoms with Crippen molar-refractivity contribution in [3.63, 3.8) is 0 Å². The molecule has 174 valence electrons. The summed E-state index contributed by atoms with van der Waals surface area (Å²) in [6.45, 7) is 19.3. The molecule has 1 saturated carbocycles. The summed E-state index contributed by atoms with van der Waals surface area (Å²) in [4.78, 5) is 54.3. The van der Waals surface area contributed by atoms with Crippen LogP contribution in [0.1, 0.15) is 67.7 Å². The summed E-state index contributed by atoms with van der Waals surface area (Å²) in [7, 11) is 0. The van der Waals surface area contributed by atoms with E-state index >= 15 is 0 Å². The van der Waals surface area contributed by atoms with Gasteiger partial charge in [-0.3, -0.25) is 9.59 Å². The van der Waals surface area contributed by atoms with Crippen LogP contribution in [0.5, 0.6) is 0 Å². The second-order valence-electron chi connectivity index (χ2n) is 8.71. The quantitative estimate of drug-likeness (QED) is 0.571. The summed E-state index contributed by atoms with van der Waals surface area (Å²) in [5, 5.41) is 0. The molecule has 8 heteroatoms. The second-order valence-corrected chi connectivity index (χ2v) is 8.71. The Morgan fingerprint density at radius 1 is 0.903 bits per heavy atom. The predicted molar refractivity (Wildman–Crippen MR) is 117 cm³/mol. The minimum absolute atomic E-state index is 0.0618. The Morgan fingerprint density at radius 2 is 1.39 bits per heavy atom. The van der Waals surface area contributed by atoms with Gasteiger partial charge in [-0.1, -0.05) is 33.4 Å². The third kappa shape index (κ3) is 4.99. The molecule has 8 nitrogen and oxygen atoms in total. The lowest BCUT2D eigenvalue weighted by molar-refractivity contribution is -0.150. The van der Waals surface area contributed by atoms with Crippen LogP contribution in [0.4, 0.5) is 9.59 Å². The number of carbonyl (C=O) groups is 4. The van der Waals surface area contributed by atoms with Crippen LogP contribution >= 0.6 is 0 Å². The zero-order chi connectivity index (χ0) is 24.1. The van der Waals surface area contributed by atoms with Crippen LogP contribution < -0.4 is 0 Å². The molecule has 1 fully saturated rings. The van der Waals surface area contributed by atoms with Crippen LogP contribution in [0.3, 0.4) is 0 Å². The van der Waals surface area contributed by atoms with E-state index in [4.69, 9.17) is 9.47 Å². The number of ether oxygens (including phenoxy) is 2. The Hall–Kier alpha value is -2.64. The molecule has 1 aliphatic rings. The highest BCUT2D eigenvalue weighted by Crippen LogP contribution is 2.50. The second kappa shape index (κ2) is 10.1. The maximum atomic E-state index is 13.2. The molecule has 0 bridgehead atoms. The van der Waals surface area contributed by atoms with E-state index in [1.807, 2.05) is 13.8 Å². The first kappa shape index (κ1) is 26.4. The maximum Gasteiger partial charge on any atom is 0.417 e. The molecule has 31 heavy (non-hydrogen) atoms. The van der Waals surface area contributed by atoms with Crippen LogP contribution in [0.25, 0.3) is 0 Å². The third-order valence-corrected chi connectivity index (χ3v) is 6.14. The average molecular weight is 437 g/mol. The molecule has 4 amide bonds. The molecule has 0 aromatic rings. The first-order chi connectivity index (χ1) is 14.3. The number of hydrogen-bond acceptors (Lipinski definition) is 6. The fraction of sp³-hybridized carbons (Fsp3) is 0.652. The summed E-state index contributed by atoms with van der Waals surface area (Å²) < 4.78 is 10.4. The highest BCUT2D eigenvalue weighted by molar-refractivity contribution is 6.04. The molecule has 0 aromatic heterocycles. The molecule has 2 atom stereocenters. The van der Waals surface area contributed by atoms with E-state index in [-0.39, 0.29) is 24.4 Å². The maximum absolute atomic E-state index is 13.2. The number of nitrogens with zero attached hydrogens (tertiary/aromatic N) is 2. The normalized spacial score (nSPS) is 22.1. The van der Waals surface area contributed by atoms with Gasteiger partial charge in [0.25, 0.3) is 11.8 Å². The molecule has 1 rings (SSSR count). The summed E-state index contributed by atoms with van der Waals surface area (Å²) in [6, 6.07) is -0.841. The van der Waals surface area contributed by atoms with Gasteiger partial charge in [0.2, 0.25) is 0 Å². The number of imide groups is 2. The summed E-state index contributed by atoms with van der Waals surface area (Å²) in [5.41, 5.74) is -1.66. The molecule has 0 aliphatic heterocycles. The van der Waals surface area contributed by atoms with Crippen molar-refractivity contribution >= 4 is 24.0 Å². The van der Waals surface area contributed by atoms with Gasteiger partial charge in [-0.25, -0.2) is 19.4 Å². The van der Waals surface area contributed by atoms with Gasteiger partial charge in [0.1, 0.15) is 0 Å². The monoisotopic (exact) mass is 436 g/mol. The molecule has 0 N–H and O–H groups in total. The van der Waals surface area contributed by atoms with E-state index in [1.165, 1.54) is 13.8 Å². The van der Waals surface area contributed by atoms with Gasteiger partial charge in [-0.05, 0) is 52.9 Å². The van der Waals surface area contributed by atoms with Gasteiger partial charge >= 0.3 is 12.2 Å². The largest absolute Gasteiger partial charge is 0.449 e. The SMILES string of the molecule is C=C(C)C(=O)N(C(=O)OCC)C1CCCC(C)(C)C1(C)N(C(=O)OCC)C(=O)C(=C)C. The van der Waals surface area contributed by atoms with Gasteiger partial charge < -0.3 is 9.47 Å². The van der Waals surface area contributed by atoms with Gasteiger partial charge in [0.05, 0.1) is 24.8 Å². The first-order valence-corrected chi connectivity index (χ1v) is 10.6. The van der Waals surface area contributed by atoms with E-state index in [0.717, 1.165) is 9.80 Å². The van der Waals surface area contributed by atoms with Crippen LogP contribution in [-0.2, 0) is 19.1 Å². The number of carbonyl (C=O) groups excluding carboxylic acids is 4. The summed E-state index contributed by atoms with van der Waals surface area (Å²) >= 11 is 0. The first-order valence-electron chi connectivity index (χ1n) is 10.6. The van der Waals surface area contributed by atoms with Gasteiger partial charge in [0.15, 0.2) is 0 Å². The number of hydrogen-bond donors (Lipinski definition) is 0. The Morgan fingerprint density at radius 3 is 1.84 bits per heavy atom. The highest BCUT2D eigenvalue weighted by atomic mass is 16.6. The van der Waals surface area contributed by atoms with Crippen LogP contribution in [0, 0.1) is 5.41 Å². The molecule has 1 aliphatic carbocycles. The number of rotatable bonds is 6. The van der Waals surface area contributed by atoms with Crippen molar-refractivity contribution in [1.82, 2.24) is 9.80 Å². The van der Waals surface area contributed by atoms with E-state index in [2.05, 4.69) is 13.2 Å². The van der Waals surface area contributed by atoms with Crippen LogP contribution in [-0.4, -0.2) is 58.6 Å². The molecule has 0 spiro atoms. The molecule has 0 saturated heterocycles. The standard InChI is InChI=1S/C23H36N2O6/c1-10-30-20(28)24(18(26)15(3)4)17-13-12-14-22(7,8)23(17,9)25(19(27)16(5)6)21(29)31-11-2/h17H,3,5,10-14H2,1-2,4,6-9H3. The molecular weight excluding hydrogens is 400 g/mol. The van der Waals surface area contributed by atoms with E-state index in [9.17, 15) is 19.2 Å². The molecule has 0 radical (unpaired) electrons. The van der Waals surface area contributed by atoms with Crippen LogP contribution in [0.2, 0.25) is 0 Å². The minimum Gasteiger partial charge on any atom is -0.449 e. The smallest absolute Gasteiger partial charge is 0.417 e. The average Bonchev–Trinajstić information content (AvgIpc) is 2.65. The molecule has 2 unspecified atom stereocenters. The summed E-state index contributed by atoms with van der Waals surface area (Å²) in [5.74, 6) is -1.23. The van der Waals surface area contributed by atoms with Crippen molar-refractivity contribution < 1.29 is 28.7 Å². The Balaban J connectivity index is 3.82. The Labute approximate surface area is 185 Å². The lowest BCUT2D eigenvalue weighted by Crippen LogP contribution is -2.72. The van der Waals surface area contributed by atoms with Crippen molar-refractivity contribution in [2.75, 3.05) is 13.2 Å². The fourth-order valence-electron chi connectivity index (χ4n) is 4.17. The topological polar surface area (TPSA) is 93.2 Å². The van der Waals surface area contributed by atoms with Crippen molar-refractivity contribution in [3.05, 3.63) is 24.3 Å². The highest BCUT2D eigenvalue weighted by Gasteiger charge is 2.60. The fourth-order valence-corrected chi connectivity index (χ4v) is 4.17. The van der Waals surface area contributed by atoms with Gasteiger partial charge in [-0.2, -0.15) is 0 Å². The van der Waals surface area contributed by atoms with E-state index in [1.54, 1.807) is 20.8 Å². The Kier molecular flexibility index (Phi) is 8.61. The molecule has 0 heterocycles. The summed E-state index contributed by atoms with van der Waals surface area (Å²) in [6.07, 6.45) is 0.0551. The van der Waals surface area contributed by atoms with Gasteiger partial charge in [-0.15, -0.1) is 0 Å². The van der Waals surface area contributed by atoms with Crippen molar-refractivity contribution in [2.24, 2.45) is 5.41 Å². The predicted octanol–water partition coefficient (Wildman–Crippen LogP) is 4.45.